The highest BCUT2D eigenvalue weighted by atomic mass is 16.6. The van der Waals surface area contributed by atoms with Gasteiger partial charge in [-0.25, -0.2) is 0 Å². The lowest BCUT2D eigenvalue weighted by Gasteiger charge is -2.25. The number of unbranched alkanes of at least 4 members (excludes halogenated alkanes) is 1. The normalized spacial score (nSPS) is 10.3. The minimum atomic E-state index is -0.414. The Labute approximate surface area is 124 Å². The molecule has 0 radical (unpaired) electrons. The number of rotatable bonds is 6. The molecule has 0 spiro atoms. The molecule has 0 aliphatic carbocycles. The van der Waals surface area contributed by atoms with E-state index in [4.69, 9.17) is 5.73 Å². The molecule has 0 atom stereocenters. The number of nitrogens with two attached hydrogens (primary N) is 1. The molecule has 0 heterocycles. The summed E-state index contributed by atoms with van der Waals surface area (Å²) >= 11 is 0. The van der Waals surface area contributed by atoms with Crippen LogP contribution < -0.4 is 10.6 Å². The van der Waals surface area contributed by atoms with E-state index in [0.717, 1.165) is 30.8 Å². The largest absolute Gasteiger partial charge is 0.398 e. The Balaban J connectivity index is 2.43. The summed E-state index contributed by atoms with van der Waals surface area (Å²) in [6.07, 6.45) is 2.05. The zero-order valence-corrected chi connectivity index (χ0v) is 12.0. The lowest BCUT2D eigenvalue weighted by molar-refractivity contribution is -0.384. The van der Waals surface area contributed by atoms with E-state index in [-0.39, 0.29) is 5.69 Å². The van der Waals surface area contributed by atoms with Crippen molar-refractivity contribution in [1.29, 1.82) is 0 Å². The Morgan fingerprint density at radius 3 is 2.48 bits per heavy atom. The van der Waals surface area contributed by atoms with Crippen molar-refractivity contribution < 1.29 is 4.92 Å². The van der Waals surface area contributed by atoms with Crippen LogP contribution in [-0.2, 0) is 0 Å². The quantitative estimate of drug-likeness (QED) is 0.492. The van der Waals surface area contributed by atoms with Crippen molar-refractivity contribution >= 4 is 22.7 Å². The second-order valence-corrected chi connectivity index (χ2v) is 4.88. The highest BCUT2D eigenvalue weighted by Crippen LogP contribution is 2.31. The van der Waals surface area contributed by atoms with Crippen LogP contribution in [-0.4, -0.2) is 11.5 Å². The molecule has 0 aliphatic rings. The highest BCUT2D eigenvalue weighted by molar-refractivity contribution is 5.70. The molecule has 0 saturated heterocycles. The average Bonchev–Trinajstić information content (AvgIpc) is 2.48. The van der Waals surface area contributed by atoms with E-state index in [1.54, 1.807) is 12.1 Å². The van der Waals surface area contributed by atoms with E-state index in [9.17, 15) is 10.1 Å². The number of nitro groups is 1. The lowest BCUT2D eigenvalue weighted by Crippen LogP contribution is -2.18. The van der Waals surface area contributed by atoms with E-state index in [1.165, 1.54) is 6.07 Å². The first-order valence-corrected chi connectivity index (χ1v) is 6.99. The number of nitrogens with zero attached hydrogens (tertiary/aromatic N) is 2. The van der Waals surface area contributed by atoms with Gasteiger partial charge in [-0.2, -0.15) is 0 Å². The number of anilines is 3. The lowest BCUT2D eigenvalue weighted by atomic mass is 10.2. The van der Waals surface area contributed by atoms with Gasteiger partial charge in [-0.05, 0) is 24.6 Å². The number of nitro benzene ring substituents is 1. The Hall–Kier alpha value is -2.56. The van der Waals surface area contributed by atoms with Crippen LogP contribution in [0.4, 0.5) is 22.7 Å². The van der Waals surface area contributed by atoms with Gasteiger partial charge in [-0.1, -0.05) is 31.5 Å². The Morgan fingerprint density at radius 1 is 1.14 bits per heavy atom. The first-order chi connectivity index (χ1) is 10.1. The van der Waals surface area contributed by atoms with Crippen LogP contribution >= 0.6 is 0 Å². The van der Waals surface area contributed by atoms with Crippen molar-refractivity contribution in [2.75, 3.05) is 17.2 Å². The maximum Gasteiger partial charge on any atom is 0.273 e. The second kappa shape index (κ2) is 6.74. The summed E-state index contributed by atoms with van der Waals surface area (Å²) in [5, 5.41) is 11.0. The van der Waals surface area contributed by atoms with Crippen molar-refractivity contribution in [2.24, 2.45) is 0 Å². The summed E-state index contributed by atoms with van der Waals surface area (Å²) in [7, 11) is 0. The Kier molecular flexibility index (Phi) is 4.77. The minimum Gasteiger partial charge on any atom is -0.398 e. The summed E-state index contributed by atoms with van der Waals surface area (Å²) in [4.78, 5) is 12.7. The molecule has 0 fully saturated rings. The fraction of sp³-hybridized carbons (Fsp3) is 0.250. The molecule has 0 amide bonds. The van der Waals surface area contributed by atoms with E-state index < -0.39 is 4.92 Å². The maximum absolute atomic E-state index is 11.0. The van der Waals surface area contributed by atoms with Crippen molar-refractivity contribution in [1.82, 2.24) is 0 Å². The van der Waals surface area contributed by atoms with Crippen LogP contribution in [0.15, 0.2) is 48.5 Å². The monoisotopic (exact) mass is 285 g/mol. The van der Waals surface area contributed by atoms with Crippen LogP contribution in [0.3, 0.4) is 0 Å². The molecule has 21 heavy (non-hydrogen) atoms. The number of benzene rings is 2. The van der Waals surface area contributed by atoms with E-state index in [2.05, 4.69) is 11.8 Å². The molecule has 0 bridgehead atoms. The van der Waals surface area contributed by atoms with Gasteiger partial charge >= 0.3 is 0 Å². The zero-order chi connectivity index (χ0) is 15.2. The van der Waals surface area contributed by atoms with Gasteiger partial charge in [0.25, 0.3) is 5.69 Å². The van der Waals surface area contributed by atoms with Gasteiger partial charge in [0.1, 0.15) is 0 Å². The molecular formula is C16H19N3O2. The number of para-hydroxylation sites is 1. The molecule has 0 aromatic heterocycles. The molecule has 0 saturated carbocycles. The first-order valence-electron chi connectivity index (χ1n) is 6.99. The van der Waals surface area contributed by atoms with Gasteiger partial charge in [0.15, 0.2) is 0 Å². The molecule has 2 aromatic carbocycles. The van der Waals surface area contributed by atoms with Crippen molar-refractivity contribution in [3.8, 4) is 0 Å². The van der Waals surface area contributed by atoms with Gasteiger partial charge in [-0.15, -0.1) is 0 Å². The minimum absolute atomic E-state index is 0.0161. The van der Waals surface area contributed by atoms with Gasteiger partial charge in [0, 0.05) is 35.7 Å². The fourth-order valence-electron chi connectivity index (χ4n) is 2.21. The third kappa shape index (κ3) is 3.72. The second-order valence-electron chi connectivity index (χ2n) is 4.88. The summed E-state index contributed by atoms with van der Waals surface area (Å²) in [6.45, 7) is 2.91. The molecule has 0 aliphatic heterocycles. The van der Waals surface area contributed by atoms with Gasteiger partial charge in [0.2, 0.25) is 0 Å². The van der Waals surface area contributed by atoms with Crippen LogP contribution in [0, 0.1) is 10.1 Å². The molecule has 5 nitrogen and oxygen atoms in total. The maximum atomic E-state index is 11.0. The Bertz CT molecular complexity index is 614. The molecule has 2 aromatic rings. The number of non-ortho nitro benzene ring substituents is 1. The smallest absolute Gasteiger partial charge is 0.273 e. The van der Waals surface area contributed by atoms with Crippen LogP contribution in [0.5, 0.6) is 0 Å². The van der Waals surface area contributed by atoms with Gasteiger partial charge in [0.05, 0.1) is 4.92 Å². The summed E-state index contributed by atoms with van der Waals surface area (Å²) in [5.41, 5.74) is 7.98. The molecular weight excluding hydrogens is 266 g/mol. The first kappa shape index (κ1) is 14.8. The van der Waals surface area contributed by atoms with Gasteiger partial charge in [-0.3, -0.25) is 10.1 Å². The van der Waals surface area contributed by atoms with Crippen LogP contribution in [0.25, 0.3) is 0 Å². The van der Waals surface area contributed by atoms with E-state index >= 15 is 0 Å². The average molecular weight is 285 g/mol. The van der Waals surface area contributed by atoms with Crippen molar-refractivity contribution in [2.45, 2.75) is 19.8 Å². The molecule has 2 rings (SSSR count). The SMILES string of the molecule is CCCCN(c1ccccc1)c1cc(N)cc([N+](=O)[O-])c1. The fourth-order valence-corrected chi connectivity index (χ4v) is 2.21. The highest BCUT2D eigenvalue weighted by Gasteiger charge is 2.14. The van der Waals surface area contributed by atoms with Crippen LogP contribution in [0.2, 0.25) is 0 Å². The predicted molar refractivity (Wildman–Crippen MR) is 85.9 cm³/mol. The molecule has 0 unspecified atom stereocenters. The molecule has 2 N–H and O–H groups in total. The zero-order valence-electron chi connectivity index (χ0n) is 12.0. The van der Waals surface area contributed by atoms with Crippen molar-refractivity contribution in [3.05, 3.63) is 58.6 Å². The Morgan fingerprint density at radius 2 is 1.86 bits per heavy atom. The summed E-state index contributed by atoms with van der Waals surface area (Å²) in [6, 6.07) is 14.6. The predicted octanol–water partition coefficient (Wildman–Crippen LogP) is 4.12. The summed E-state index contributed by atoms with van der Waals surface area (Å²) < 4.78 is 0. The summed E-state index contributed by atoms with van der Waals surface area (Å²) in [5.74, 6) is 0. The number of hydrogen-bond acceptors (Lipinski definition) is 4. The van der Waals surface area contributed by atoms with Gasteiger partial charge < -0.3 is 10.6 Å². The standard InChI is InChI=1S/C16H19N3O2/c1-2-3-9-18(14-7-5-4-6-8-14)15-10-13(17)11-16(12-15)19(20)21/h4-8,10-12H,2-3,9,17H2,1H3. The van der Waals surface area contributed by atoms with Crippen LogP contribution in [0.1, 0.15) is 19.8 Å². The molecule has 110 valence electrons. The van der Waals surface area contributed by atoms with Crippen molar-refractivity contribution in [3.63, 3.8) is 0 Å². The number of hydrogen-bond donors (Lipinski definition) is 1. The van der Waals surface area contributed by atoms with E-state index in [0.29, 0.717) is 5.69 Å². The third-order valence-electron chi connectivity index (χ3n) is 3.25. The molecule has 5 heteroatoms. The third-order valence-corrected chi connectivity index (χ3v) is 3.25. The topological polar surface area (TPSA) is 72.4 Å². The van der Waals surface area contributed by atoms with E-state index in [1.807, 2.05) is 30.3 Å². The number of nitrogen functional groups attached to an aromatic ring is 1.